The molecule has 0 aliphatic carbocycles. The topological polar surface area (TPSA) is 9.86 Å². The number of fused-ring (bicyclic) bond motifs is 7. The average Bonchev–Trinajstić information content (AvgIpc) is 3.82. The van der Waals surface area contributed by atoms with Crippen LogP contribution in [0.5, 0.6) is 0 Å². The van der Waals surface area contributed by atoms with Gasteiger partial charge in [-0.2, -0.15) is 0 Å². The molecule has 206 valence electrons. The first kappa shape index (κ1) is 12.4. The molecular weight excluding hydrogens is 532 g/mol. The number of aromatic nitrogens is 2. The van der Waals surface area contributed by atoms with E-state index in [2.05, 4.69) is 0 Å². The van der Waals surface area contributed by atoms with Crippen LogP contribution in [0, 0.1) is 0 Å². The van der Waals surface area contributed by atoms with Gasteiger partial charge >= 0.3 is 0 Å². The van der Waals surface area contributed by atoms with Crippen molar-refractivity contribution in [1.82, 2.24) is 9.13 Å². The van der Waals surface area contributed by atoms with Gasteiger partial charge in [0.2, 0.25) is 0 Å². The van der Waals surface area contributed by atoms with Crippen LogP contribution in [0.25, 0.3) is 77.2 Å². The van der Waals surface area contributed by atoms with Crippen LogP contribution in [0.1, 0.15) is 26.0 Å². The molecule has 44 heavy (non-hydrogen) atoms. The molecule has 0 N–H and O–H groups in total. The molecule has 0 saturated heterocycles. The van der Waals surface area contributed by atoms with Crippen LogP contribution >= 0.6 is 0 Å². The predicted octanol–water partition coefficient (Wildman–Crippen LogP) is 11.2. The third-order valence-electron chi connectivity index (χ3n) is 7.57. The van der Waals surface area contributed by atoms with Crippen LogP contribution in [-0.4, -0.2) is 9.13 Å². The second-order valence-corrected chi connectivity index (χ2v) is 9.95. The third kappa shape index (κ3) is 3.75. The lowest BCUT2D eigenvalue weighted by atomic mass is 10.0. The van der Waals surface area contributed by atoms with Gasteiger partial charge in [0, 0.05) is 32.9 Å². The van der Waals surface area contributed by atoms with Crippen molar-refractivity contribution in [2.45, 2.75) is 0 Å². The summed E-state index contributed by atoms with van der Waals surface area (Å²) >= 11 is 0. The first-order valence-electron chi connectivity index (χ1n) is 23.1. The van der Waals surface area contributed by atoms with Gasteiger partial charge in [-0.05, 0) is 70.6 Å². The molecule has 2 heterocycles. The van der Waals surface area contributed by atoms with Gasteiger partial charge in [-0.1, -0.05) is 121 Å². The molecule has 0 atom stereocenters. The van der Waals surface area contributed by atoms with Crippen molar-refractivity contribution in [2.75, 3.05) is 0 Å². The fraction of sp³-hybridized carbons (Fsp3) is 0. The van der Waals surface area contributed by atoms with E-state index in [4.69, 9.17) is 15.1 Å². The Balaban J connectivity index is 1.56. The SMILES string of the molecule is [2H]c1c([2H])c([2H])c(-c2c([2H])c([2H])c([2H])c(-n3c4c([2H])c([2H])c([2H])c([2H])c4c4c5c6c([2H])c([2H])c([2H])c([2H])c6n(-c6ccc(-c7ccccc7)cc6)c5c([2H])c([2H])c43)c2[2H])c([2H])c1[2H]. The quantitative estimate of drug-likeness (QED) is 0.196. The van der Waals surface area contributed by atoms with E-state index in [1.807, 2.05) is 30.3 Å². The van der Waals surface area contributed by atoms with Crippen LogP contribution in [0.2, 0.25) is 0 Å². The van der Waals surface area contributed by atoms with Crippen molar-refractivity contribution in [2.24, 2.45) is 0 Å². The summed E-state index contributed by atoms with van der Waals surface area (Å²) in [6.07, 6.45) is 0. The minimum atomic E-state index is -0.901. The zero-order chi connectivity index (χ0) is 45.6. The minimum Gasteiger partial charge on any atom is -0.309 e. The van der Waals surface area contributed by atoms with Crippen molar-refractivity contribution >= 4 is 43.6 Å². The molecule has 0 bridgehead atoms. The lowest BCUT2D eigenvalue weighted by Crippen LogP contribution is -1.95. The van der Waals surface area contributed by atoms with Crippen LogP contribution in [0.4, 0.5) is 0 Å². The van der Waals surface area contributed by atoms with E-state index >= 15 is 0 Å². The van der Waals surface area contributed by atoms with Crippen molar-refractivity contribution in [3.05, 3.63) is 169 Å². The monoisotopic (exact) mass is 579 g/mol. The molecule has 0 saturated carbocycles. The summed E-state index contributed by atoms with van der Waals surface area (Å²) in [5.74, 6) is 0. The standard InChI is InChI=1S/C42H28N2/c1-3-12-29(13-4-1)31-22-24-33(25-23-31)43-37-20-9-7-18-35(37)41-39(43)26-27-40-42(41)36-19-8-10-21-38(36)44(40)34-17-11-16-32(28-34)30-14-5-2-6-15-30/h1-28H/i2D,5D,6D,7D,8D,9D,10D,11D,14D,15D,16D,17D,18D,19D,20D,21D,26D,27D,28D. The summed E-state index contributed by atoms with van der Waals surface area (Å²) in [6, 6.07) is 2.05. The first-order chi connectivity index (χ1) is 29.8. The maximum absolute atomic E-state index is 9.67. The molecular formula is C42H28N2. The number of hydrogen-bond donors (Lipinski definition) is 0. The molecule has 9 aromatic rings. The number of nitrogens with zero attached hydrogens (tertiary/aromatic N) is 2. The van der Waals surface area contributed by atoms with E-state index in [-0.39, 0.29) is 32.6 Å². The lowest BCUT2D eigenvalue weighted by molar-refractivity contribution is 1.17. The van der Waals surface area contributed by atoms with Crippen LogP contribution in [0.15, 0.2) is 169 Å². The highest BCUT2D eigenvalue weighted by Crippen LogP contribution is 2.42. The Bertz CT molecular complexity index is 3510. The van der Waals surface area contributed by atoms with E-state index in [1.54, 1.807) is 24.3 Å². The number of rotatable bonds is 4. The van der Waals surface area contributed by atoms with E-state index in [0.29, 0.717) is 5.69 Å². The molecule has 0 amide bonds. The van der Waals surface area contributed by atoms with Gasteiger partial charge in [0.05, 0.1) is 48.1 Å². The van der Waals surface area contributed by atoms with Gasteiger partial charge in [0.1, 0.15) is 0 Å². The Labute approximate surface area is 282 Å². The smallest absolute Gasteiger partial charge is 0.0651 e. The van der Waals surface area contributed by atoms with E-state index < -0.39 is 143 Å². The molecule has 0 aliphatic rings. The summed E-state index contributed by atoms with van der Waals surface area (Å²) < 4.78 is 172. The van der Waals surface area contributed by atoms with Gasteiger partial charge < -0.3 is 9.13 Å². The summed E-state index contributed by atoms with van der Waals surface area (Å²) in [7, 11) is 0. The van der Waals surface area contributed by atoms with E-state index in [1.165, 1.54) is 4.57 Å². The summed E-state index contributed by atoms with van der Waals surface area (Å²) in [5.41, 5.74) is -1.17. The predicted molar refractivity (Wildman–Crippen MR) is 186 cm³/mol. The maximum atomic E-state index is 9.67. The third-order valence-corrected chi connectivity index (χ3v) is 7.57. The largest absolute Gasteiger partial charge is 0.309 e. The highest BCUT2D eigenvalue weighted by atomic mass is 15.0. The van der Waals surface area contributed by atoms with Crippen molar-refractivity contribution in [1.29, 1.82) is 0 Å². The van der Waals surface area contributed by atoms with Crippen molar-refractivity contribution in [3.8, 4) is 33.6 Å². The van der Waals surface area contributed by atoms with Crippen molar-refractivity contribution in [3.63, 3.8) is 0 Å². The normalized spacial score (nSPS) is 17.7. The second-order valence-electron chi connectivity index (χ2n) is 9.95. The highest BCUT2D eigenvalue weighted by molar-refractivity contribution is 6.28. The van der Waals surface area contributed by atoms with Gasteiger partial charge in [0.25, 0.3) is 0 Å². The Kier molecular flexibility index (Phi) is 2.78. The summed E-state index contributed by atoms with van der Waals surface area (Å²) in [5, 5.41) is -0.842. The van der Waals surface area contributed by atoms with E-state index in [9.17, 15) is 11.0 Å². The minimum absolute atomic E-state index is 0.122. The zero-order valence-corrected chi connectivity index (χ0v) is 22.6. The van der Waals surface area contributed by atoms with Crippen LogP contribution in [-0.2, 0) is 0 Å². The number of para-hydroxylation sites is 2. The van der Waals surface area contributed by atoms with Crippen molar-refractivity contribution < 1.29 is 26.0 Å². The van der Waals surface area contributed by atoms with Crippen LogP contribution < -0.4 is 0 Å². The molecule has 7 aromatic carbocycles. The summed E-state index contributed by atoms with van der Waals surface area (Å²) in [6.45, 7) is 0. The molecule has 0 fully saturated rings. The van der Waals surface area contributed by atoms with Crippen LogP contribution in [0.3, 0.4) is 0 Å². The summed E-state index contributed by atoms with van der Waals surface area (Å²) in [4.78, 5) is 0. The Morgan fingerprint density at radius 2 is 0.909 bits per heavy atom. The molecule has 0 radical (unpaired) electrons. The lowest BCUT2D eigenvalue weighted by Gasteiger charge is -2.11. The molecule has 9 rings (SSSR count). The van der Waals surface area contributed by atoms with Gasteiger partial charge in [0.15, 0.2) is 0 Å². The number of benzene rings is 7. The number of hydrogen-bond acceptors (Lipinski definition) is 0. The van der Waals surface area contributed by atoms with Gasteiger partial charge in [-0.25, -0.2) is 0 Å². The second kappa shape index (κ2) is 9.86. The molecule has 2 aromatic heterocycles. The van der Waals surface area contributed by atoms with Gasteiger partial charge in [-0.3, -0.25) is 0 Å². The van der Waals surface area contributed by atoms with E-state index in [0.717, 1.165) is 15.7 Å². The fourth-order valence-corrected chi connectivity index (χ4v) is 5.70. The maximum Gasteiger partial charge on any atom is 0.0651 e. The van der Waals surface area contributed by atoms with Gasteiger partial charge in [-0.15, -0.1) is 0 Å². The fourth-order valence-electron chi connectivity index (χ4n) is 5.70. The first-order valence-corrected chi connectivity index (χ1v) is 13.6. The average molecular weight is 580 g/mol. The Hall–Kier alpha value is -5.86. The molecule has 0 unspecified atom stereocenters. The molecule has 0 spiro atoms. The Morgan fingerprint density at radius 1 is 0.364 bits per heavy atom. The molecule has 0 aliphatic heterocycles. The zero-order valence-electron chi connectivity index (χ0n) is 41.6. The highest BCUT2D eigenvalue weighted by Gasteiger charge is 2.20. The Morgan fingerprint density at radius 3 is 1.57 bits per heavy atom. The molecule has 2 nitrogen and oxygen atoms in total. The molecule has 2 heteroatoms.